The van der Waals surface area contributed by atoms with E-state index >= 15 is 0 Å². The molecule has 35 heavy (non-hydrogen) atoms. The third kappa shape index (κ3) is 6.61. The molecule has 7 unspecified atom stereocenters. The lowest BCUT2D eigenvalue weighted by Crippen LogP contribution is -2.40. The molecule has 0 bridgehead atoms. The monoisotopic (exact) mass is 532 g/mol. The van der Waals surface area contributed by atoms with Gasteiger partial charge in [-0.1, -0.05) is 0 Å². The van der Waals surface area contributed by atoms with Gasteiger partial charge < -0.3 is 18.9 Å². The predicted octanol–water partition coefficient (Wildman–Crippen LogP) is 0.978. The molecule has 0 amide bonds. The van der Waals surface area contributed by atoms with E-state index in [1.54, 1.807) is 0 Å². The summed E-state index contributed by atoms with van der Waals surface area (Å²) >= 11 is 0. The van der Waals surface area contributed by atoms with Gasteiger partial charge in [0.05, 0.1) is 24.5 Å². The van der Waals surface area contributed by atoms with E-state index in [9.17, 15) is 19.7 Å². The van der Waals surface area contributed by atoms with Gasteiger partial charge in [-0.3, -0.25) is 19.1 Å². The van der Waals surface area contributed by atoms with Crippen molar-refractivity contribution in [2.45, 2.75) is 58.4 Å². The molecule has 2 aliphatic rings. The number of fused-ring (bicyclic) bond motifs is 1. The third-order valence-electron chi connectivity index (χ3n) is 5.50. The average molecular weight is 532 g/mol. The molecule has 0 aliphatic carbocycles. The van der Waals surface area contributed by atoms with Crippen LogP contribution in [0.1, 0.15) is 33.9 Å². The van der Waals surface area contributed by atoms with E-state index in [0.29, 0.717) is 0 Å². The second kappa shape index (κ2) is 12.6. The molecule has 0 spiro atoms. The number of aromatic amines is 1. The van der Waals surface area contributed by atoms with Crippen molar-refractivity contribution in [2.24, 2.45) is 11.8 Å². The van der Waals surface area contributed by atoms with Gasteiger partial charge in [-0.05, 0) is 27.7 Å². The molecule has 1 saturated heterocycles. The average Bonchev–Trinajstić information content (AvgIpc) is 3.14. The minimum atomic E-state index is -2.12. The van der Waals surface area contributed by atoms with E-state index < -0.39 is 58.0 Å². The number of nitriles is 1. The van der Waals surface area contributed by atoms with Gasteiger partial charge in [0.1, 0.15) is 13.9 Å². The Morgan fingerprint density at radius 1 is 1.34 bits per heavy atom. The van der Waals surface area contributed by atoms with Crippen LogP contribution in [-0.2, 0) is 28.3 Å². The number of ether oxygens (including phenoxy) is 3. The van der Waals surface area contributed by atoms with Gasteiger partial charge in [-0.15, -0.1) is 0 Å². The quantitative estimate of drug-likeness (QED) is 0.425. The van der Waals surface area contributed by atoms with E-state index in [1.807, 2.05) is 32.4 Å². The molecular weight excluding hydrogens is 502 g/mol. The lowest BCUT2D eigenvalue weighted by molar-refractivity contribution is -0.214. The normalized spacial score (nSPS) is 31.5. The number of nitrogens with one attached hydrogen (secondary N) is 1. The fourth-order valence-electron chi connectivity index (χ4n) is 4.07. The zero-order valence-corrected chi connectivity index (χ0v) is 21.9. The van der Waals surface area contributed by atoms with Crippen molar-refractivity contribution in [3.8, 4) is 6.07 Å². The number of methoxy groups -OCH3 is 1. The molecule has 194 valence electrons. The summed E-state index contributed by atoms with van der Waals surface area (Å²) in [6.07, 6.45) is -1.95. The van der Waals surface area contributed by atoms with Crippen molar-refractivity contribution in [2.75, 3.05) is 20.1 Å². The summed E-state index contributed by atoms with van der Waals surface area (Å²) in [4.78, 5) is 43.8. The minimum Gasteiger partial charge on any atom is -0.627 e. The molecule has 0 aromatic carbocycles. The molecule has 1 aromatic rings. The van der Waals surface area contributed by atoms with Gasteiger partial charge >= 0.3 is 5.69 Å². The maximum atomic E-state index is 12.4. The third-order valence-corrected chi connectivity index (χ3v) is 8.12. The number of hydrogen-bond acceptors (Lipinski definition) is 11. The van der Waals surface area contributed by atoms with Gasteiger partial charge in [-0.2, -0.15) is 14.8 Å². The Bertz CT molecular complexity index is 1030. The second-order valence-corrected chi connectivity index (χ2v) is 11.2. The fourth-order valence-corrected chi connectivity index (χ4v) is 6.07. The summed E-state index contributed by atoms with van der Waals surface area (Å²) in [5.74, 6) is -0.491. The molecule has 0 saturated carbocycles. The van der Waals surface area contributed by atoms with Crippen LogP contribution in [0.5, 0.6) is 0 Å². The smallest absolute Gasteiger partial charge is 0.330 e. The van der Waals surface area contributed by atoms with E-state index in [2.05, 4.69) is 11.1 Å². The van der Waals surface area contributed by atoms with Crippen LogP contribution in [0, 0.1) is 23.2 Å². The van der Waals surface area contributed by atoms with Crippen LogP contribution in [-0.4, -0.2) is 64.7 Å². The molecule has 7 atom stereocenters. The van der Waals surface area contributed by atoms with Crippen LogP contribution in [0.25, 0.3) is 0 Å². The first-order valence-electron chi connectivity index (χ1n) is 11.0. The SMILES string of the molecule is COC1C2C(C#N)COP(N(C(C)C)C(C)C)OOC[P+]([O-])=COC2OC1n1ccc(=O)[nH]c1=O. The molecule has 0 radical (unpaired) electrons. The fraction of sp³-hybridized carbons (Fsp3) is 0.700. The van der Waals surface area contributed by atoms with Crippen molar-refractivity contribution in [1.29, 1.82) is 5.26 Å². The Morgan fingerprint density at radius 3 is 2.66 bits per heavy atom. The molecule has 1 N–H and O–H groups in total. The maximum Gasteiger partial charge on any atom is 0.330 e. The van der Waals surface area contributed by atoms with Gasteiger partial charge in [0.25, 0.3) is 14.1 Å². The summed E-state index contributed by atoms with van der Waals surface area (Å²) in [5, 5.41) is 10.0. The van der Waals surface area contributed by atoms with Gasteiger partial charge in [0.2, 0.25) is 12.3 Å². The van der Waals surface area contributed by atoms with Crippen molar-refractivity contribution < 1.29 is 33.2 Å². The molecule has 3 rings (SSSR count). The van der Waals surface area contributed by atoms with Crippen molar-refractivity contribution >= 4 is 22.3 Å². The maximum absolute atomic E-state index is 12.4. The van der Waals surface area contributed by atoms with Crippen LogP contribution < -0.4 is 16.1 Å². The Labute approximate surface area is 204 Å². The van der Waals surface area contributed by atoms with Crippen LogP contribution in [0.2, 0.25) is 0 Å². The lowest BCUT2D eigenvalue weighted by atomic mass is 9.89. The topological polar surface area (TPSA) is 160 Å². The highest BCUT2D eigenvalue weighted by Gasteiger charge is 2.51. The number of hydrogen-bond donors (Lipinski definition) is 1. The second-order valence-electron chi connectivity index (χ2n) is 8.51. The number of rotatable bonds is 5. The number of nitrogens with zero attached hydrogens (tertiary/aromatic N) is 3. The largest absolute Gasteiger partial charge is 0.627 e. The van der Waals surface area contributed by atoms with Crippen LogP contribution in [0.3, 0.4) is 0 Å². The highest BCUT2D eigenvalue weighted by molar-refractivity contribution is 7.49. The molecule has 2 aliphatic heterocycles. The van der Waals surface area contributed by atoms with E-state index in [-0.39, 0.29) is 25.0 Å². The highest BCUT2D eigenvalue weighted by Crippen LogP contribution is 2.48. The van der Waals surface area contributed by atoms with E-state index in [0.717, 1.165) is 10.5 Å². The summed E-state index contributed by atoms with van der Waals surface area (Å²) in [5.41, 5.74) is -1.28. The summed E-state index contributed by atoms with van der Waals surface area (Å²) in [7, 11) is -2.46. The van der Waals surface area contributed by atoms with Crippen LogP contribution >= 0.6 is 16.3 Å². The minimum absolute atomic E-state index is 0.0348. The first-order valence-corrected chi connectivity index (χ1v) is 13.6. The van der Waals surface area contributed by atoms with Crippen molar-refractivity contribution in [3.05, 3.63) is 33.1 Å². The van der Waals surface area contributed by atoms with E-state index in [4.69, 9.17) is 28.3 Å². The lowest BCUT2D eigenvalue weighted by Gasteiger charge is -2.35. The zero-order valence-electron chi connectivity index (χ0n) is 20.1. The Balaban J connectivity index is 1.98. The van der Waals surface area contributed by atoms with E-state index in [1.165, 1.54) is 19.4 Å². The molecule has 3 heterocycles. The molecule has 13 nitrogen and oxygen atoms in total. The van der Waals surface area contributed by atoms with Gasteiger partial charge in [0, 0.05) is 31.5 Å². The standard InChI is InChI=1S/C20H30N4O9P2/c1-12(2)24(13(3)4)35-31-9-14(8-21)16-17(28-5)18(23-7-6-15(25)22-20(23)26)32-19(16)29-10-34(27)11-30-33-35/h6-7,10,12-14,16-19H,9,11H2,1-5H3,(H,22,25,26). The zero-order chi connectivity index (χ0) is 25.7. The summed E-state index contributed by atoms with van der Waals surface area (Å²) in [6, 6.07) is 3.46. The summed E-state index contributed by atoms with van der Waals surface area (Å²) < 4.78 is 31.9. The van der Waals surface area contributed by atoms with Crippen molar-refractivity contribution in [1.82, 2.24) is 14.2 Å². The van der Waals surface area contributed by atoms with Crippen LogP contribution in [0.4, 0.5) is 0 Å². The Hall–Kier alpha value is -1.55. The molecule has 15 heteroatoms. The number of aromatic nitrogens is 2. The van der Waals surface area contributed by atoms with Gasteiger partial charge in [-0.25, -0.2) is 9.46 Å². The molecule has 1 fully saturated rings. The number of H-pyrrole nitrogens is 1. The van der Waals surface area contributed by atoms with Crippen LogP contribution in [0.15, 0.2) is 21.9 Å². The first kappa shape index (κ1) is 28.0. The molecule has 1 aromatic heterocycles. The Morgan fingerprint density at radius 2 is 2.06 bits per heavy atom. The summed E-state index contributed by atoms with van der Waals surface area (Å²) in [6.45, 7) is 7.83. The highest BCUT2D eigenvalue weighted by atomic mass is 31.2. The first-order chi connectivity index (χ1) is 16.7. The van der Waals surface area contributed by atoms with Crippen molar-refractivity contribution in [3.63, 3.8) is 0 Å². The Kier molecular flexibility index (Phi) is 10.1. The van der Waals surface area contributed by atoms with Gasteiger partial charge in [0.15, 0.2) is 12.5 Å². The predicted molar refractivity (Wildman–Crippen MR) is 125 cm³/mol. The molecular formula is C20H30N4O9P2.